The molecule has 9 heavy (non-hydrogen) atoms. The summed E-state index contributed by atoms with van der Waals surface area (Å²) < 4.78 is 0. The molecule has 2 heteroatoms. The van der Waals surface area contributed by atoms with Crippen molar-refractivity contribution in [3.63, 3.8) is 0 Å². The first kappa shape index (κ1) is 11.4. The van der Waals surface area contributed by atoms with E-state index in [1.54, 1.807) is 14.0 Å². The Balaban J connectivity index is 0. The normalized spacial score (nSPS) is 11.2. The maximum Gasteiger partial charge on any atom is 0.146 e. The molecule has 0 aliphatic heterocycles. The molecule has 0 aromatic heterocycles. The van der Waals surface area contributed by atoms with Crippen molar-refractivity contribution in [3.8, 4) is 0 Å². The van der Waals surface area contributed by atoms with Crippen LogP contribution in [0.4, 0.5) is 0 Å². The number of carbonyl (C=O) groups excluding carboxylic acids is 1. The molecule has 0 saturated heterocycles. The second-order valence-electron chi connectivity index (χ2n) is 1.62. The number of Topliss-reactive ketones (excluding diaryl/α,β-unsaturated/α-hetero) is 1. The van der Waals surface area contributed by atoms with Crippen molar-refractivity contribution in [1.29, 1.82) is 0 Å². The highest BCUT2D eigenvalue weighted by molar-refractivity contribution is 5.80. The monoisotopic (exact) mass is 131 g/mol. The van der Waals surface area contributed by atoms with Crippen LogP contribution < -0.4 is 5.32 Å². The van der Waals surface area contributed by atoms with Gasteiger partial charge >= 0.3 is 0 Å². The zero-order chi connectivity index (χ0) is 7.86. The number of hydrogen-bond donors (Lipinski definition) is 1. The van der Waals surface area contributed by atoms with Gasteiger partial charge in [-0.05, 0) is 20.9 Å². The van der Waals surface area contributed by atoms with Crippen molar-refractivity contribution in [3.05, 3.63) is 0 Å². The van der Waals surface area contributed by atoms with Gasteiger partial charge in [0, 0.05) is 0 Å². The predicted molar refractivity (Wildman–Crippen MR) is 40.6 cm³/mol. The zero-order valence-electron chi connectivity index (χ0n) is 6.99. The van der Waals surface area contributed by atoms with Gasteiger partial charge in [-0.1, -0.05) is 13.8 Å². The molecule has 0 aliphatic rings. The highest BCUT2D eigenvalue weighted by Crippen LogP contribution is 1.77. The largest absolute Gasteiger partial charge is 0.311 e. The van der Waals surface area contributed by atoms with Gasteiger partial charge in [0.1, 0.15) is 5.78 Å². The Morgan fingerprint density at radius 2 is 1.78 bits per heavy atom. The number of carbonyl (C=O) groups is 1. The topological polar surface area (TPSA) is 29.1 Å². The molecule has 56 valence electrons. The lowest BCUT2D eigenvalue weighted by molar-refractivity contribution is -0.118. The summed E-state index contributed by atoms with van der Waals surface area (Å²) in [5.74, 6) is 0.183. The van der Waals surface area contributed by atoms with Crippen LogP contribution in [0.5, 0.6) is 0 Å². The molecule has 0 aliphatic carbocycles. The van der Waals surface area contributed by atoms with Gasteiger partial charge in [0.25, 0.3) is 0 Å². The van der Waals surface area contributed by atoms with E-state index in [-0.39, 0.29) is 11.8 Å². The average Bonchev–Trinajstić information content (AvgIpc) is 1.91. The smallest absolute Gasteiger partial charge is 0.146 e. The standard InChI is InChI=1S/C5H11NO.C2H6/c1-4(6-3)5(2)7;1-2/h4,6H,1-3H3;1-2H3/t4-;/m0./s1. The van der Waals surface area contributed by atoms with Crippen molar-refractivity contribution >= 4 is 5.78 Å². The van der Waals surface area contributed by atoms with Gasteiger partial charge in [-0.3, -0.25) is 4.79 Å². The fourth-order valence-corrected chi connectivity index (χ4v) is 0.203. The molecule has 0 saturated carbocycles. The van der Waals surface area contributed by atoms with Crippen LogP contribution in [-0.2, 0) is 4.79 Å². The molecule has 0 bridgehead atoms. The van der Waals surface area contributed by atoms with Crippen LogP contribution >= 0.6 is 0 Å². The molecular formula is C7H17NO. The Morgan fingerprint density at radius 3 is 1.78 bits per heavy atom. The van der Waals surface area contributed by atoms with Gasteiger partial charge in [-0.25, -0.2) is 0 Å². The van der Waals surface area contributed by atoms with Crippen molar-refractivity contribution < 1.29 is 4.79 Å². The fourth-order valence-electron chi connectivity index (χ4n) is 0.203. The molecule has 0 rings (SSSR count). The number of nitrogens with one attached hydrogen (secondary N) is 1. The summed E-state index contributed by atoms with van der Waals surface area (Å²) in [5, 5.41) is 2.81. The van der Waals surface area contributed by atoms with Crippen molar-refractivity contribution in [1.82, 2.24) is 5.32 Å². The SMILES string of the molecule is CC.CN[C@@H](C)C(C)=O. The van der Waals surface area contributed by atoms with Crippen LogP contribution in [0, 0.1) is 0 Å². The van der Waals surface area contributed by atoms with Gasteiger partial charge in [-0.15, -0.1) is 0 Å². The second kappa shape index (κ2) is 7.63. The van der Waals surface area contributed by atoms with E-state index in [1.807, 2.05) is 20.8 Å². The molecule has 0 aromatic carbocycles. The minimum atomic E-state index is 0.0139. The lowest BCUT2D eigenvalue weighted by atomic mass is 10.2. The van der Waals surface area contributed by atoms with E-state index >= 15 is 0 Å². The summed E-state index contributed by atoms with van der Waals surface area (Å²) in [7, 11) is 1.77. The van der Waals surface area contributed by atoms with Crippen LogP contribution in [0.15, 0.2) is 0 Å². The Bertz CT molecular complexity index is 71.3. The number of rotatable bonds is 2. The third-order valence-electron chi connectivity index (χ3n) is 1.04. The minimum absolute atomic E-state index is 0.0139. The zero-order valence-corrected chi connectivity index (χ0v) is 6.99. The van der Waals surface area contributed by atoms with E-state index in [0.29, 0.717) is 0 Å². The van der Waals surface area contributed by atoms with Gasteiger partial charge in [0.05, 0.1) is 6.04 Å². The lowest BCUT2D eigenvalue weighted by Crippen LogP contribution is -2.28. The number of likely N-dealkylation sites (N-methyl/N-ethyl adjacent to an activating group) is 1. The molecular weight excluding hydrogens is 114 g/mol. The molecule has 0 unspecified atom stereocenters. The van der Waals surface area contributed by atoms with Crippen LogP contribution in [0.1, 0.15) is 27.7 Å². The first-order valence-electron chi connectivity index (χ1n) is 3.36. The van der Waals surface area contributed by atoms with E-state index in [1.165, 1.54) is 0 Å². The third-order valence-corrected chi connectivity index (χ3v) is 1.04. The minimum Gasteiger partial charge on any atom is -0.311 e. The van der Waals surface area contributed by atoms with Crippen molar-refractivity contribution in [2.75, 3.05) is 7.05 Å². The van der Waals surface area contributed by atoms with Crippen molar-refractivity contribution in [2.24, 2.45) is 0 Å². The average molecular weight is 131 g/mol. The number of ketones is 1. The van der Waals surface area contributed by atoms with Crippen LogP contribution in [0.25, 0.3) is 0 Å². The van der Waals surface area contributed by atoms with Gasteiger partial charge in [0.15, 0.2) is 0 Å². The van der Waals surface area contributed by atoms with Gasteiger partial charge < -0.3 is 5.32 Å². The maximum absolute atomic E-state index is 10.3. The summed E-state index contributed by atoms with van der Waals surface area (Å²) >= 11 is 0. The van der Waals surface area contributed by atoms with E-state index in [4.69, 9.17) is 0 Å². The quantitative estimate of drug-likeness (QED) is 0.610. The fraction of sp³-hybridized carbons (Fsp3) is 0.857. The van der Waals surface area contributed by atoms with E-state index in [0.717, 1.165) is 0 Å². The van der Waals surface area contributed by atoms with Crippen LogP contribution in [0.2, 0.25) is 0 Å². The highest BCUT2D eigenvalue weighted by Gasteiger charge is 2.00. The molecule has 0 heterocycles. The molecule has 0 spiro atoms. The van der Waals surface area contributed by atoms with Crippen LogP contribution in [0.3, 0.4) is 0 Å². The van der Waals surface area contributed by atoms with Crippen molar-refractivity contribution in [2.45, 2.75) is 33.7 Å². The molecule has 0 aromatic rings. The van der Waals surface area contributed by atoms with E-state index < -0.39 is 0 Å². The van der Waals surface area contributed by atoms with Gasteiger partial charge in [-0.2, -0.15) is 0 Å². The molecule has 0 radical (unpaired) electrons. The summed E-state index contributed by atoms with van der Waals surface area (Å²) in [6.07, 6.45) is 0. The molecule has 0 amide bonds. The molecule has 2 nitrogen and oxygen atoms in total. The number of hydrogen-bond acceptors (Lipinski definition) is 2. The highest BCUT2D eigenvalue weighted by atomic mass is 16.1. The first-order valence-corrected chi connectivity index (χ1v) is 3.36. The Labute approximate surface area is 57.6 Å². The Hall–Kier alpha value is -0.370. The Kier molecular flexibility index (Phi) is 9.69. The van der Waals surface area contributed by atoms with E-state index in [9.17, 15) is 4.79 Å². The maximum atomic E-state index is 10.3. The third kappa shape index (κ3) is 7.63. The summed E-state index contributed by atoms with van der Waals surface area (Å²) in [6, 6.07) is 0.0139. The second-order valence-corrected chi connectivity index (χ2v) is 1.62. The molecule has 0 fully saturated rings. The Morgan fingerprint density at radius 1 is 1.44 bits per heavy atom. The lowest BCUT2D eigenvalue weighted by Gasteiger charge is -2.01. The first-order chi connectivity index (χ1) is 4.18. The summed E-state index contributed by atoms with van der Waals surface area (Å²) in [6.45, 7) is 7.41. The van der Waals surface area contributed by atoms with Gasteiger partial charge in [0.2, 0.25) is 0 Å². The summed E-state index contributed by atoms with van der Waals surface area (Å²) in [4.78, 5) is 10.3. The summed E-state index contributed by atoms with van der Waals surface area (Å²) in [5.41, 5.74) is 0. The van der Waals surface area contributed by atoms with E-state index in [2.05, 4.69) is 5.32 Å². The molecule has 1 N–H and O–H groups in total. The van der Waals surface area contributed by atoms with Crippen LogP contribution in [-0.4, -0.2) is 18.9 Å². The predicted octanol–water partition coefficient (Wildman–Crippen LogP) is 1.21. The molecule has 1 atom stereocenters.